The Morgan fingerprint density at radius 3 is 1.87 bits per heavy atom. The van der Waals surface area contributed by atoms with Gasteiger partial charge < -0.3 is 9.80 Å². The molecule has 0 fully saturated rings. The SMILES string of the molecule is CN(C(=N)N(C)C(c1ccccc1)c1ccccc1)c1ccc2c3c(cccc13)C=C2. The van der Waals surface area contributed by atoms with Crippen LogP contribution in [0.3, 0.4) is 0 Å². The van der Waals surface area contributed by atoms with Crippen LogP contribution in [0.15, 0.2) is 91.0 Å². The maximum Gasteiger partial charge on any atom is 0.198 e. The molecule has 0 atom stereocenters. The third-order valence-corrected chi connectivity index (χ3v) is 6.16. The second-order valence-corrected chi connectivity index (χ2v) is 7.99. The molecule has 0 radical (unpaired) electrons. The van der Waals surface area contributed by atoms with Gasteiger partial charge in [0.05, 0.1) is 11.7 Å². The van der Waals surface area contributed by atoms with E-state index in [9.17, 15) is 0 Å². The molecule has 0 unspecified atom stereocenters. The highest BCUT2D eigenvalue weighted by Gasteiger charge is 2.25. The predicted octanol–water partition coefficient (Wildman–Crippen LogP) is 6.42. The van der Waals surface area contributed by atoms with Crippen molar-refractivity contribution in [2.45, 2.75) is 6.04 Å². The van der Waals surface area contributed by atoms with Crippen molar-refractivity contribution in [1.82, 2.24) is 4.90 Å². The topological polar surface area (TPSA) is 30.3 Å². The molecule has 4 aromatic carbocycles. The van der Waals surface area contributed by atoms with Crippen molar-refractivity contribution in [3.63, 3.8) is 0 Å². The summed E-state index contributed by atoms with van der Waals surface area (Å²) in [5.74, 6) is 0.448. The lowest BCUT2D eigenvalue weighted by molar-refractivity contribution is 0.418. The van der Waals surface area contributed by atoms with Gasteiger partial charge in [0, 0.05) is 19.5 Å². The molecule has 1 aliphatic rings. The number of nitrogens with one attached hydrogen (secondary N) is 1. The van der Waals surface area contributed by atoms with Crippen molar-refractivity contribution >= 4 is 34.6 Å². The molecule has 3 nitrogen and oxygen atoms in total. The molecule has 0 saturated carbocycles. The van der Waals surface area contributed by atoms with Crippen LogP contribution < -0.4 is 4.90 Å². The normalized spacial score (nSPS) is 11.8. The second kappa shape index (κ2) is 7.77. The van der Waals surface area contributed by atoms with Gasteiger partial charge >= 0.3 is 0 Å². The maximum absolute atomic E-state index is 9.10. The monoisotopic (exact) mass is 403 g/mol. The van der Waals surface area contributed by atoms with Gasteiger partial charge in [-0.1, -0.05) is 97.1 Å². The smallest absolute Gasteiger partial charge is 0.198 e. The Hall–Kier alpha value is -3.85. The zero-order valence-corrected chi connectivity index (χ0v) is 17.8. The van der Waals surface area contributed by atoms with Gasteiger partial charge in [0.25, 0.3) is 0 Å². The van der Waals surface area contributed by atoms with E-state index in [4.69, 9.17) is 5.41 Å². The van der Waals surface area contributed by atoms with Gasteiger partial charge in [-0.25, -0.2) is 0 Å². The molecule has 0 heterocycles. The summed E-state index contributed by atoms with van der Waals surface area (Å²) < 4.78 is 0. The number of nitrogens with zero attached hydrogens (tertiary/aromatic N) is 2. The number of benzene rings is 4. The standard InChI is InChI=1S/C28H25N3/c1-30(25-19-18-21-17-16-20-14-9-15-24(25)26(20)21)28(29)31(2)27(22-10-5-3-6-11-22)23-12-7-4-8-13-23/h3-19,27,29H,1-2H3. The van der Waals surface area contributed by atoms with Crippen molar-refractivity contribution < 1.29 is 0 Å². The molecule has 5 rings (SSSR count). The van der Waals surface area contributed by atoms with Crippen LogP contribution in [-0.2, 0) is 0 Å². The minimum Gasteiger partial charge on any atom is -0.335 e. The Bertz CT molecular complexity index is 1220. The molecule has 0 bridgehead atoms. The van der Waals surface area contributed by atoms with Crippen LogP contribution in [0.4, 0.5) is 5.69 Å². The first kappa shape index (κ1) is 19.1. The van der Waals surface area contributed by atoms with Crippen molar-refractivity contribution in [3.05, 3.63) is 113 Å². The van der Waals surface area contributed by atoms with Crippen molar-refractivity contribution in [1.29, 1.82) is 5.41 Å². The first-order chi connectivity index (χ1) is 15.1. The van der Waals surface area contributed by atoms with E-state index in [0.29, 0.717) is 5.96 Å². The van der Waals surface area contributed by atoms with E-state index in [2.05, 4.69) is 91.0 Å². The molecule has 3 heteroatoms. The van der Waals surface area contributed by atoms with Crippen LogP contribution >= 0.6 is 0 Å². The summed E-state index contributed by atoms with van der Waals surface area (Å²) in [6.07, 6.45) is 4.33. The van der Waals surface area contributed by atoms with Gasteiger partial charge in [0.1, 0.15) is 0 Å². The molecule has 0 saturated heterocycles. The van der Waals surface area contributed by atoms with Crippen LogP contribution in [-0.4, -0.2) is 25.0 Å². The lowest BCUT2D eigenvalue weighted by Crippen LogP contribution is -2.42. The molecule has 4 aromatic rings. The minimum atomic E-state index is -0.0456. The summed E-state index contributed by atoms with van der Waals surface area (Å²) in [7, 11) is 3.99. The van der Waals surface area contributed by atoms with E-state index in [-0.39, 0.29) is 6.04 Å². The molecular weight excluding hydrogens is 378 g/mol. The van der Waals surface area contributed by atoms with Crippen molar-refractivity contribution in [2.75, 3.05) is 19.0 Å². The summed E-state index contributed by atoms with van der Waals surface area (Å²) in [5.41, 5.74) is 5.86. The van der Waals surface area contributed by atoms with Crippen LogP contribution in [0.5, 0.6) is 0 Å². The molecule has 0 aliphatic heterocycles. The molecule has 152 valence electrons. The van der Waals surface area contributed by atoms with Crippen LogP contribution in [0, 0.1) is 5.41 Å². The lowest BCUT2D eigenvalue weighted by Gasteiger charge is -2.35. The lowest BCUT2D eigenvalue weighted by atomic mass is 9.97. The quantitative estimate of drug-likeness (QED) is 0.277. The highest BCUT2D eigenvalue weighted by atomic mass is 15.4. The third-order valence-electron chi connectivity index (χ3n) is 6.16. The minimum absolute atomic E-state index is 0.0456. The number of rotatable bonds is 4. The molecule has 1 N–H and O–H groups in total. The fourth-order valence-corrected chi connectivity index (χ4v) is 4.58. The highest BCUT2D eigenvalue weighted by Crippen LogP contribution is 2.37. The van der Waals surface area contributed by atoms with E-state index in [1.165, 1.54) is 33.0 Å². The summed E-state index contributed by atoms with van der Waals surface area (Å²) in [4.78, 5) is 4.03. The first-order valence-electron chi connectivity index (χ1n) is 10.5. The summed E-state index contributed by atoms with van der Waals surface area (Å²) in [6.45, 7) is 0. The largest absolute Gasteiger partial charge is 0.335 e. The Labute approximate surface area is 183 Å². The Morgan fingerprint density at radius 2 is 1.26 bits per heavy atom. The first-order valence-corrected chi connectivity index (χ1v) is 10.5. The zero-order valence-electron chi connectivity index (χ0n) is 17.8. The molecule has 0 spiro atoms. The molecular formula is C28H25N3. The highest BCUT2D eigenvalue weighted by molar-refractivity contribution is 6.12. The van der Waals surface area contributed by atoms with E-state index in [0.717, 1.165) is 5.69 Å². The zero-order chi connectivity index (χ0) is 21.4. The number of anilines is 1. The summed E-state index contributed by atoms with van der Waals surface area (Å²) in [5, 5.41) is 11.5. The number of hydrogen-bond donors (Lipinski definition) is 1. The predicted molar refractivity (Wildman–Crippen MR) is 131 cm³/mol. The van der Waals surface area contributed by atoms with Gasteiger partial charge in [-0.3, -0.25) is 5.41 Å². The fraction of sp³-hybridized carbons (Fsp3) is 0.107. The van der Waals surface area contributed by atoms with Gasteiger partial charge in [-0.15, -0.1) is 0 Å². The second-order valence-electron chi connectivity index (χ2n) is 7.99. The van der Waals surface area contributed by atoms with Gasteiger partial charge in [0.15, 0.2) is 5.96 Å². The molecule has 1 aliphatic carbocycles. The molecule has 31 heavy (non-hydrogen) atoms. The van der Waals surface area contributed by atoms with E-state index in [1.807, 2.05) is 36.0 Å². The van der Waals surface area contributed by atoms with Crippen LogP contribution in [0.1, 0.15) is 28.3 Å². The number of hydrogen-bond acceptors (Lipinski definition) is 1. The van der Waals surface area contributed by atoms with Gasteiger partial charge in [-0.05, 0) is 33.7 Å². The van der Waals surface area contributed by atoms with E-state index >= 15 is 0 Å². The Kier molecular flexibility index (Phi) is 4.79. The van der Waals surface area contributed by atoms with Crippen molar-refractivity contribution in [3.8, 4) is 0 Å². The maximum atomic E-state index is 9.10. The van der Waals surface area contributed by atoms with Crippen LogP contribution in [0.2, 0.25) is 0 Å². The summed E-state index contributed by atoms with van der Waals surface area (Å²) in [6, 6.07) is 31.5. The summed E-state index contributed by atoms with van der Waals surface area (Å²) >= 11 is 0. The average molecular weight is 404 g/mol. The average Bonchev–Trinajstić information content (AvgIpc) is 3.25. The Morgan fingerprint density at radius 1 is 0.677 bits per heavy atom. The van der Waals surface area contributed by atoms with E-state index in [1.54, 1.807) is 0 Å². The van der Waals surface area contributed by atoms with Crippen molar-refractivity contribution in [2.24, 2.45) is 0 Å². The third kappa shape index (κ3) is 3.28. The van der Waals surface area contributed by atoms with E-state index < -0.39 is 0 Å². The van der Waals surface area contributed by atoms with Crippen LogP contribution in [0.25, 0.3) is 22.9 Å². The molecule has 0 aromatic heterocycles. The van der Waals surface area contributed by atoms with Gasteiger partial charge in [-0.2, -0.15) is 0 Å². The number of guanidine groups is 1. The fourth-order valence-electron chi connectivity index (χ4n) is 4.58. The Balaban J connectivity index is 1.54. The van der Waals surface area contributed by atoms with Gasteiger partial charge in [0.2, 0.25) is 0 Å². The molecule has 0 amide bonds.